The zero-order chi connectivity index (χ0) is 15.8. The molecule has 0 aliphatic carbocycles. The highest BCUT2D eigenvalue weighted by molar-refractivity contribution is 5.72. The predicted molar refractivity (Wildman–Crippen MR) is 83.4 cm³/mol. The Bertz CT molecular complexity index is 826. The molecule has 1 atom stereocenters. The number of halogens is 1. The summed E-state index contributed by atoms with van der Waals surface area (Å²) < 4.78 is 26.8. The van der Waals surface area contributed by atoms with E-state index in [0.717, 1.165) is 6.54 Å². The summed E-state index contributed by atoms with van der Waals surface area (Å²) in [7, 11) is 2.03. The van der Waals surface area contributed by atoms with E-state index in [1.54, 1.807) is 6.07 Å². The first-order valence-electron chi connectivity index (χ1n) is 7.69. The van der Waals surface area contributed by atoms with Gasteiger partial charge in [0.05, 0.1) is 25.8 Å². The van der Waals surface area contributed by atoms with Gasteiger partial charge in [-0.15, -0.1) is 0 Å². The Morgan fingerprint density at radius 2 is 2.26 bits per heavy atom. The first kappa shape index (κ1) is 14.4. The Morgan fingerprint density at radius 1 is 1.35 bits per heavy atom. The number of aromatic nitrogens is 2. The molecule has 120 valence electrons. The Hall–Kier alpha value is -2.18. The van der Waals surface area contributed by atoms with Gasteiger partial charge < -0.3 is 13.7 Å². The van der Waals surface area contributed by atoms with Crippen LogP contribution in [0.4, 0.5) is 4.39 Å². The molecule has 1 fully saturated rings. The van der Waals surface area contributed by atoms with Crippen LogP contribution in [-0.2, 0) is 18.3 Å². The maximum absolute atomic E-state index is 13.3. The number of oxazole rings is 1. The van der Waals surface area contributed by atoms with Gasteiger partial charge in [0.1, 0.15) is 11.3 Å². The molecule has 0 amide bonds. The lowest BCUT2D eigenvalue weighted by Gasteiger charge is -2.34. The standard InChI is InChI=1S/C17H18FN3O2/c1-20-6-2-3-14(20)15-11-22-8-7-21(15)10-17-19-13-9-12(18)4-5-16(13)23-17/h2-6,9,15H,7-8,10-11H2,1H3. The molecule has 3 heterocycles. The molecule has 6 heteroatoms. The molecular formula is C17H18FN3O2. The van der Waals surface area contributed by atoms with Crippen molar-refractivity contribution >= 4 is 11.1 Å². The first-order chi connectivity index (χ1) is 11.2. The zero-order valence-corrected chi connectivity index (χ0v) is 12.9. The van der Waals surface area contributed by atoms with Crippen molar-refractivity contribution in [3.05, 3.63) is 53.9 Å². The summed E-state index contributed by atoms with van der Waals surface area (Å²) in [5.74, 6) is 0.303. The molecule has 23 heavy (non-hydrogen) atoms. The third kappa shape index (κ3) is 2.75. The summed E-state index contributed by atoms with van der Waals surface area (Å²) >= 11 is 0. The minimum Gasteiger partial charge on any atom is -0.439 e. The number of morpholine rings is 1. The summed E-state index contributed by atoms with van der Waals surface area (Å²) in [5.41, 5.74) is 2.38. The second-order valence-electron chi connectivity index (χ2n) is 5.82. The van der Waals surface area contributed by atoms with Crippen molar-refractivity contribution < 1.29 is 13.5 Å². The van der Waals surface area contributed by atoms with Crippen LogP contribution in [0.5, 0.6) is 0 Å². The Kier molecular flexibility index (Phi) is 3.63. The van der Waals surface area contributed by atoms with E-state index in [4.69, 9.17) is 9.15 Å². The van der Waals surface area contributed by atoms with Gasteiger partial charge in [-0.25, -0.2) is 9.37 Å². The average molecular weight is 315 g/mol. The smallest absolute Gasteiger partial charge is 0.209 e. The number of rotatable bonds is 3. The fourth-order valence-corrected chi connectivity index (χ4v) is 3.11. The SMILES string of the molecule is Cn1cccc1C1COCCN1Cc1nc2cc(F)ccc2o1. The molecule has 0 saturated carbocycles. The summed E-state index contributed by atoms with van der Waals surface area (Å²) in [5, 5.41) is 0. The van der Waals surface area contributed by atoms with E-state index in [2.05, 4.69) is 20.5 Å². The number of nitrogens with zero attached hydrogens (tertiary/aromatic N) is 3. The van der Waals surface area contributed by atoms with Gasteiger partial charge >= 0.3 is 0 Å². The van der Waals surface area contributed by atoms with E-state index in [-0.39, 0.29) is 11.9 Å². The third-order valence-corrected chi connectivity index (χ3v) is 4.30. The second-order valence-corrected chi connectivity index (χ2v) is 5.82. The van der Waals surface area contributed by atoms with E-state index >= 15 is 0 Å². The van der Waals surface area contributed by atoms with Crippen molar-refractivity contribution in [1.29, 1.82) is 0 Å². The molecule has 1 aliphatic heterocycles. The number of aryl methyl sites for hydroxylation is 1. The van der Waals surface area contributed by atoms with Gasteiger partial charge in [-0.1, -0.05) is 0 Å². The van der Waals surface area contributed by atoms with Crippen molar-refractivity contribution in [3.8, 4) is 0 Å². The molecule has 3 aromatic rings. The number of hydrogen-bond donors (Lipinski definition) is 0. The molecule has 1 saturated heterocycles. The minimum atomic E-state index is -0.301. The lowest BCUT2D eigenvalue weighted by atomic mass is 10.1. The number of ether oxygens (including phenoxy) is 1. The van der Waals surface area contributed by atoms with Crippen molar-refractivity contribution in [3.63, 3.8) is 0 Å². The molecule has 1 aliphatic rings. The van der Waals surface area contributed by atoms with Gasteiger partial charge in [-0.3, -0.25) is 4.90 Å². The molecule has 1 aromatic carbocycles. The maximum Gasteiger partial charge on any atom is 0.209 e. The molecule has 0 N–H and O–H groups in total. The van der Waals surface area contributed by atoms with Crippen molar-refractivity contribution in [2.45, 2.75) is 12.6 Å². The van der Waals surface area contributed by atoms with Gasteiger partial charge in [0.15, 0.2) is 5.58 Å². The van der Waals surface area contributed by atoms with Crippen LogP contribution >= 0.6 is 0 Å². The fourth-order valence-electron chi connectivity index (χ4n) is 3.11. The molecule has 5 nitrogen and oxygen atoms in total. The van der Waals surface area contributed by atoms with Crippen LogP contribution in [0.3, 0.4) is 0 Å². The average Bonchev–Trinajstić information content (AvgIpc) is 3.13. The van der Waals surface area contributed by atoms with Crippen LogP contribution in [0.25, 0.3) is 11.1 Å². The van der Waals surface area contributed by atoms with Crippen molar-refractivity contribution in [1.82, 2.24) is 14.5 Å². The summed E-state index contributed by atoms with van der Waals surface area (Å²) in [6.45, 7) is 2.72. The largest absolute Gasteiger partial charge is 0.439 e. The number of fused-ring (bicyclic) bond motifs is 1. The highest BCUT2D eigenvalue weighted by Crippen LogP contribution is 2.27. The number of hydrogen-bond acceptors (Lipinski definition) is 4. The molecule has 2 aromatic heterocycles. The summed E-state index contributed by atoms with van der Waals surface area (Å²) in [6, 6.07) is 8.71. The van der Waals surface area contributed by atoms with Crippen LogP contribution in [0, 0.1) is 5.82 Å². The highest BCUT2D eigenvalue weighted by atomic mass is 19.1. The van der Waals surface area contributed by atoms with Crippen LogP contribution in [0.15, 0.2) is 40.9 Å². The Morgan fingerprint density at radius 3 is 3.09 bits per heavy atom. The van der Waals surface area contributed by atoms with Crippen LogP contribution < -0.4 is 0 Å². The van der Waals surface area contributed by atoms with Gasteiger partial charge in [0.25, 0.3) is 0 Å². The fraction of sp³-hybridized carbons (Fsp3) is 0.353. The predicted octanol–water partition coefficient (Wildman–Crippen LogP) is 2.88. The van der Waals surface area contributed by atoms with Crippen LogP contribution in [0.2, 0.25) is 0 Å². The topological polar surface area (TPSA) is 43.4 Å². The first-order valence-corrected chi connectivity index (χ1v) is 7.69. The molecule has 4 rings (SSSR count). The second kappa shape index (κ2) is 5.79. The normalized spacial score (nSPS) is 19.5. The molecule has 1 unspecified atom stereocenters. The van der Waals surface area contributed by atoms with Gasteiger partial charge in [0.2, 0.25) is 5.89 Å². The van der Waals surface area contributed by atoms with E-state index < -0.39 is 0 Å². The monoisotopic (exact) mass is 315 g/mol. The van der Waals surface area contributed by atoms with E-state index in [1.807, 2.05) is 19.3 Å². The van der Waals surface area contributed by atoms with Crippen LogP contribution in [-0.4, -0.2) is 34.2 Å². The maximum atomic E-state index is 13.3. The molecular weight excluding hydrogens is 297 g/mol. The van der Waals surface area contributed by atoms with E-state index in [1.165, 1.54) is 17.8 Å². The minimum absolute atomic E-state index is 0.162. The lowest BCUT2D eigenvalue weighted by molar-refractivity contribution is -0.0184. The summed E-state index contributed by atoms with van der Waals surface area (Å²) in [6.07, 6.45) is 2.03. The third-order valence-electron chi connectivity index (χ3n) is 4.30. The molecule has 0 spiro atoms. The van der Waals surface area contributed by atoms with E-state index in [9.17, 15) is 4.39 Å². The Balaban J connectivity index is 1.60. The van der Waals surface area contributed by atoms with Crippen LogP contribution in [0.1, 0.15) is 17.6 Å². The quantitative estimate of drug-likeness (QED) is 0.745. The van der Waals surface area contributed by atoms with Gasteiger partial charge in [-0.05, 0) is 24.3 Å². The lowest BCUT2D eigenvalue weighted by Crippen LogP contribution is -2.39. The van der Waals surface area contributed by atoms with Gasteiger partial charge in [0, 0.05) is 31.5 Å². The molecule has 0 bridgehead atoms. The Labute approximate surface area is 133 Å². The van der Waals surface area contributed by atoms with Crippen molar-refractivity contribution in [2.75, 3.05) is 19.8 Å². The number of benzene rings is 1. The van der Waals surface area contributed by atoms with Gasteiger partial charge in [-0.2, -0.15) is 0 Å². The van der Waals surface area contributed by atoms with Crippen molar-refractivity contribution in [2.24, 2.45) is 7.05 Å². The van der Waals surface area contributed by atoms with E-state index in [0.29, 0.717) is 36.7 Å². The molecule has 0 radical (unpaired) electrons. The highest BCUT2D eigenvalue weighted by Gasteiger charge is 2.27. The zero-order valence-electron chi connectivity index (χ0n) is 12.9. The summed E-state index contributed by atoms with van der Waals surface area (Å²) in [4.78, 5) is 6.70.